The van der Waals surface area contributed by atoms with Crippen LogP contribution in [-0.2, 0) is 14.3 Å². The summed E-state index contributed by atoms with van der Waals surface area (Å²) in [6.45, 7) is 13.2. The van der Waals surface area contributed by atoms with Crippen molar-refractivity contribution < 1.29 is 39.8 Å². The van der Waals surface area contributed by atoms with E-state index in [4.69, 9.17) is 15.2 Å². The van der Waals surface area contributed by atoms with Gasteiger partial charge < -0.3 is 51.4 Å². The van der Waals surface area contributed by atoms with E-state index < -0.39 is 58.3 Å². The minimum Gasteiger partial charge on any atom is -0.392 e. The molecule has 4 saturated carbocycles. The molecular weight excluding hydrogens is 783 g/mol. The zero-order valence-electron chi connectivity index (χ0n) is 38.6. The molecule has 348 valence electrons. The average Bonchev–Trinajstić information content (AvgIpc) is 3.51. The topological polar surface area (TPSA) is 187 Å². The van der Waals surface area contributed by atoms with Crippen LogP contribution in [0.15, 0.2) is 47.3 Å². The molecule has 0 bridgehead atoms. The highest BCUT2D eigenvalue weighted by atomic mass is 16.6. The van der Waals surface area contributed by atoms with E-state index in [0.717, 1.165) is 43.6 Å². The van der Waals surface area contributed by atoms with E-state index in [9.17, 15) is 25.5 Å². The van der Waals surface area contributed by atoms with Gasteiger partial charge in [-0.15, -0.1) is 0 Å². The minimum atomic E-state index is -1.50. The highest BCUT2D eigenvalue weighted by molar-refractivity contribution is 6.00. The highest BCUT2D eigenvalue weighted by Crippen LogP contribution is 2.73. The van der Waals surface area contributed by atoms with Crippen LogP contribution < -0.4 is 16.4 Å². The molecule has 5 fully saturated rings. The summed E-state index contributed by atoms with van der Waals surface area (Å²) in [6, 6.07) is 0. The van der Waals surface area contributed by atoms with E-state index in [0.29, 0.717) is 49.5 Å². The van der Waals surface area contributed by atoms with Gasteiger partial charge in [0.05, 0.1) is 53.6 Å². The quantitative estimate of drug-likeness (QED) is 0.0764. The van der Waals surface area contributed by atoms with E-state index in [1.54, 1.807) is 6.92 Å². The molecular formula is C51H81N3O8. The van der Waals surface area contributed by atoms with Crippen LogP contribution in [0.3, 0.4) is 0 Å². The number of carbonyl (C=O) groups is 1. The molecule has 2 heterocycles. The number of fused-ring (bicyclic) bond motifs is 3. The first-order valence-electron chi connectivity index (χ1n) is 24.9. The second-order valence-corrected chi connectivity index (χ2v) is 22.0. The number of Topliss-reactive ketones (excluding diaryl/α,β-unsaturated/α-hetero) is 1. The summed E-state index contributed by atoms with van der Waals surface area (Å²) >= 11 is 0. The van der Waals surface area contributed by atoms with Crippen molar-refractivity contribution in [1.29, 1.82) is 0 Å². The van der Waals surface area contributed by atoms with Crippen LogP contribution in [0.5, 0.6) is 0 Å². The van der Waals surface area contributed by atoms with E-state index >= 15 is 4.79 Å². The molecule has 0 aromatic rings. The fourth-order valence-electron chi connectivity index (χ4n) is 15.2. The van der Waals surface area contributed by atoms with Crippen molar-refractivity contribution in [2.24, 2.45) is 63.9 Å². The third-order valence-electron chi connectivity index (χ3n) is 18.2. The monoisotopic (exact) mass is 864 g/mol. The van der Waals surface area contributed by atoms with Gasteiger partial charge >= 0.3 is 0 Å². The Balaban J connectivity index is 1.22. The van der Waals surface area contributed by atoms with Crippen molar-refractivity contribution in [3.05, 3.63) is 47.3 Å². The number of carbonyl (C=O) groups excluding carboxylic acids is 1. The fraction of sp³-hybridized carbons (Fsp3) is 0.824. The summed E-state index contributed by atoms with van der Waals surface area (Å²) in [7, 11) is 0. The first-order valence-corrected chi connectivity index (χ1v) is 24.9. The summed E-state index contributed by atoms with van der Waals surface area (Å²) < 4.78 is 14.1. The molecule has 8 aliphatic rings. The van der Waals surface area contributed by atoms with Gasteiger partial charge in [-0.25, -0.2) is 0 Å². The summed E-state index contributed by atoms with van der Waals surface area (Å²) in [4.78, 5) is 15.4. The van der Waals surface area contributed by atoms with Gasteiger partial charge in [-0.1, -0.05) is 78.0 Å². The minimum absolute atomic E-state index is 0.115. The molecule has 0 aromatic heterocycles. The van der Waals surface area contributed by atoms with Crippen LogP contribution in [0.4, 0.5) is 0 Å². The number of aliphatic hydroxyl groups excluding tert-OH is 3. The van der Waals surface area contributed by atoms with Gasteiger partial charge in [0.1, 0.15) is 6.10 Å². The van der Waals surface area contributed by atoms with Gasteiger partial charge in [-0.3, -0.25) is 4.79 Å². The Bertz CT molecular complexity index is 1760. The highest BCUT2D eigenvalue weighted by Gasteiger charge is 2.74. The summed E-state index contributed by atoms with van der Waals surface area (Å²) in [5.74, 6) is -0.462. The molecule has 19 atom stereocenters. The van der Waals surface area contributed by atoms with Crippen LogP contribution >= 0.6 is 0 Å². The molecule has 62 heavy (non-hydrogen) atoms. The molecule has 0 radical (unpaired) electrons. The summed E-state index contributed by atoms with van der Waals surface area (Å²) in [5.41, 5.74) is 3.63. The number of allylic oxidation sites excluding steroid dienone is 5. The number of nitrogens with two attached hydrogens (primary N) is 1. The lowest BCUT2D eigenvalue weighted by Crippen LogP contribution is -2.67. The third kappa shape index (κ3) is 7.82. The lowest BCUT2D eigenvalue weighted by atomic mass is 9.41. The number of nitrogens with one attached hydrogen (secondary N) is 2. The summed E-state index contributed by atoms with van der Waals surface area (Å²) in [5, 5.41) is 67.5. The maximum atomic E-state index is 15.4. The van der Waals surface area contributed by atoms with Crippen LogP contribution in [0.2, 0.25) is 0 Å². The molecule has 11 nitrogen and oxygen atoms in total. The van der Waals surface area contributed by atoms with Crippen molar-refractivity contribution in [3.8, 4) is 0 Å². The van der Waals surface area contributed by atoms with Gasteiger partial charge in [0.15, 0.2) is 5.78 Å². The van der Waals surface area contributed by atoms with Crippen molar-refractivity contribution in [3.63, 3.8) is 0 Å². The van der Waals surface area contributed by atoms with Crippen molar-refractivity contribution in [2.75, 3.05) is 13.2 Å². The SMILES string of the molecule is CCCCCOC(C1OC2CCC(CCC)CCC2C1C)C(C)(O)C1CCC2(O)C3=C(NCC(C)O)C(=O)C4CC(O)C(O)CC45CC(C4=CNC(N)C=C4)C=CC(CC12C)C35. The fourth-order valence-corrected chi connectivity index (χ4v) is 15.2. The van der Waals surface area contributed by atoms with E-state index in [-0.39, 0.29) is 67.2 Å². The molecule has 2 aliphatic heterocycles. The lowest BCUT2D eigenvalue weighted by Gasteiger charge is -2.64. The van der Waals surface area contributed by atoms with Gasteiger partial charge in [0.2, 0.25) is 0 Å². The Labute approximate surface area is 371 Å². The van der Waals surface area contributed by atoms with Crippen LogP contribution in [0.1, 0.15) is 138 Å². The zero-order valence-corrected chi connectivity index (χ0v) is 38.6. The van der Waals surface area contributed by atoms with E-state index in [1.807, 2.05) is 25.3 Å². The van der Waals surface area contributed by atoms with Crippen LogP contribution in [0.25, 0.3) is 0 Å². The number of dihydropyridines is 1. The Morgan fingerprint density at radius 2 is 1.82 bits per heavy atom. The third-order valence-corrected chi connectivity index (χ3v) is 18.2. The van der Waals surface area contributed by atoms with E-state index in [1.165, 1.54) is 25.7 Å². The predicted molar refractivity (Wildman–Crippen MR) is 240 cm³/mol. The number of hydrogen-bond acceptors (Lipinski definition) is 11. The van der Waals surface area contributed by atoms with Gasteiger partial charge in [-0.2, -0.15) is 0 Å². The zero-order chi connectivity index (χ0) is 44.4. The number of hydrogen-bond donors (Lipinski definition) is 8. The largest absolute Gasteiger partial charge is 0.392 e. The number of unbranched alkanes of at least 4 members (excludes halogenated alkanes) is 2. The molecule has 1 saturated heterocycles. The Hall–Kier alpha value is -2.09. The smallest absolute Gasteiger partial charge is 0.182 e. The molecule has 6 aliphatic carbocycles. The molecule has 0 amide bonds. The second kappa shape index (κ2) is 17.9. The molecule has 1 spiro atoms. The average molecular weight is 864 g/mol. The molecule has 9 N–H and O–H groups in total. The number of ketones is 1. The predicted octanol–water partition coefficient (Wildman–Crippen LogP) is 5.94. The Kier molecular flexibility index (Phi) is 13.4. The van der Waals surface area contributed by atoms with Crippen LogP contribution in [-0.4, -0.2) is 98.5 Å². The second-order valence-electron chi connectivity index (χ2n) is 22.0. The first kappa shape index (κ1) is 46.4. The number of aliphatic hydroxyl groups is 5. The lowest BCUT2D eigenvalue weighted by molar-refractivity contribution is -0.217. The summed E-state index contributed by atoms with van der Waals surface area (Å²) in [6.07, 6.45) is 18.9. The van der Waals surface area contributed by atoms with Crippen molar-refractivity contribution >= 4 is 5.78 Å². The molecule has 0 aromatic carbocycles. The first-order chi connectivity index (χ1) is 29.5. The number of ether oxygens (including phenoxy) is 2. The standard InChI is InChI=1S/C51H81N3O8/c1-7-9-10-22-61-47(46-30(4)35-17-12-31(11-8-2)13-18-39(35)62-46)49(6,59)40-20-21-51(60)43-42-33(24-48(40,51)5)15-14-32(34-16-19-41(52)53-28-34)25-50(42)26-38(57)37(56)23-36(50)45(58)44(43)54-27-29(3)55/h14-16,19,28-33,35-42,46-47,53-57,59-60H,7-13,17-18,20-27,52H2,1-6H3. The normalized spacial score (nSPS) is 45.6. The van der Waals surface area contributed by atoms with Crippen molar-refractivity contribution in [1.82, 2.24) is 10.6 Å². The maximum absolute atomic E-state index is 15.4. The van der Waals surface area contributed by atoms with Gasteiger partial charge in [0.25, 0.3) is 0 Å². The Morgan fingerprint density at radius 3 is 2.53 bits per heavy atom. The van der Waals surface area contributed by atoms with E-state index in [2.05, 4.69) is 50.5 Å². The molecule has 8 rings (SSSR count). The van der Waals surface area contributed by atoms with Gasteiger partial charge in [0, 0.05) is 36.6 Å². The van der Waals surface area contributed by atoms with Crippen LogP contribution in [0, 0.1) is 58.2 Å². The number of rotatable bonds is 14. The molecule has 11 heteroatoms. The molecule has 19 unspecified atom stereocenters. The van der Waals surface area contributed by atoms with Crippen molar-refractivity contribution in [2.45, 2.75) is 192 Å². The maximum Gasteiger partial charge on any atom is 0.182 e. The Morgan fingerprint density at radius 1 is 1.05 bits per heavy atom. The van der Waals surface area contributed by atoms with Gasteiger partial charge in [-0.05, 0) is 136 Å².